The Kier molecular flexibility index (Phi) is 6.33. The number of rotatable bonds is 3. The van der Waals surface area contributed by atoms with Crippen LogP contribution in [0.2, 0.25) is 0 Å². The number of aromatic nitrogens is 1. The fourth-order valence-corrected chi connectivity index (χ4v) is 10.9. The molecular formula is C54H42N2. The molecule has 4 aliphatic rings. The van der Waals surface area contributed by atoms with Gasteiger partial charge in [0, 0.05) is 44.6 Å². The van der Waals surface area contributed by atoms with Gasteiger partial charge < -0.3 is 9.47 Å². The van der Waals surface area contributed by atoms with E-state index in [1.165, 1.54) is 100 Å². The van der Waals surface area contributed by atoms with E-state index in [9.17, 15) is 0 Å². The lowest BCUT2D eigenvalue weighted by atomic mass is 9.77. The molecule has 0 N–H and O–H groups in total. The molecule has 12 rings (SSSR count). The van der Waals surface area contributed by atoms with Crippen molar-refractivity contribution in [3.05, 3.63) is 203 Å². The number of benzene rings is 7. The van der Waals surface area contributed by atoms with Gasteiger partial charge in [-0.2, -0.15) is 0 Å². The average Bonchev–Trinajstić information content (AvgIpc) is 3.88. The molecule has 0 radical (unpaired) electrons. The van der Waals surface area contributed by atoms with E-state index in [1.807, 2.05) is 0 Å². The van der Waals surface area contributed by atoms with Gasteiger partial charge in [-0.05, 0) is 110 Å². The van der Waals surface area contributed by atoms with Crippen LogP contribution in [0.4, 0.5) is 11.4 Å². The third-order valence-electron chi connectivity index (χ3n) is 13.7. The molecule has 7 aromatic carbocycles. The Hall–Kier alpha value is -6.38. The highest BCUT2D eigenvalue weighted by Gasteiger charge is 2.46. The number of nitrogens with zero attached hydrogens (tertiary/aromatic N) is 2. The fourth-order valence-electron chi connectivity index (χ4n) is 10.9. The van der Waals surface area contributed by atoms with Gasteiger partial charge in [-0.1, -0.05) is 149 Å². The Morgan fingerprint density at radius 2 is 1.09 bits per heavy atom. The Morgan fingerprint density at radius 1 is 0.464 bits per heavy atom. The van der Waals surface area contributed by atoms with E-state index >= 15 is 0 Å². The smallest absolute Gasteiger partial charge is 0.0632 e. The van der Waals surface area contributed by atoms with E-state index in [-0.39, 0.29) is 16.9 Å². The second-order valence-electron chi connectivity index (χ2n) is 17.3. The van der Waals surface area contributed by atoms with Crippen molar-refractivity contribution in [2.24, 2.45) is 0 Å². The lowest BCUT2D eigenvalue weighted by Gasteiger charge is -2.33. The number of allylic oxidation sites excluding steroid dienone is 2. The van der Waals surface area contributed by atoms with Crippen molar-refractivity contribution in [2.45, 2.75) is 50.5 Å². The zero-order valence-electron chi connectivity index (χ0n) is 32.2. The molecule has 2 heteroatoms. The Morgan fingerprint density at radius 3 is 1.86 bits per heavy atom. The lowest BCUT2D eigenvalue weighted by molar-refractivity contribution is 0.639. The second kappa shape index (κ2) is 11.1. The molecule has 2 nitrogen and oxygen atoms in total. The van der Waals surface area contributed by atoms with E-state index in [0.717, 1.165) is 0 Å². The highest BCUT2D eigenvalue weighted by atomic mass is 15.2. The topological polar surface area (TPSA) is 8.17 Å². The summed E-state index contributed by atoms with van der Waals surface area (Å²) in [6, 6.07) is 59.4. The van der Waals surface area contributed by atoms with Crippen molar-refractivity contribution in [2.75, 3.05) is 4.90 Å². The number of para-hydroxylation sites is 2. The summed E-state index contributed by atoms with van der Waals surface area (Å²) in [4.78, 5) is 2.57. The van der Waals surface area contributed by atoms with Crippen molar-refractivity contribution < 1.29 is 0 Å². The quantitative estimate of drug-likeness (QED) is 0.177. The number of hydrogen-bond donors (Lipinski definition) is 0. The minimum atomic E-state index is -0.0536. The number of anilines is 2. The van der Waals surface area contributed by atoms with E-state index in [0.29, 0.717) is 5.92 Å². The zero-order chi connectivity index (χ0) is 37.5. The Bertz CT molecular complexity index is 3020. The van der Waals surface area contributed by atoms with Crippen LogP contribution in [0.15, 0.2) is 175 Å². The van der Waals surface area contributed by atoms with Gasteiger partial charge in [-0.3, -0.25) is 0 Å². The summed E-state index contributed by atoms with van der Waals surface area (Å²) >= 11 is 0. The van der Waals surface area contributed by atoms with Crippen molar-refractivity contribution >= 4 is 38.8 Å². The molecule has 1 aliphatic heterocycles. The largest absolute Gasteiger partial charge is 0.333 e. The number of fused-ring (bicyclic) bond motifs is 12. The maximum Gasteiger partial charge on any atom is 0.0632 e. The van der Waals surface area contributed by atoms with Crippen molar-refractivity contribution in [1.29, 1.82) is 0 Å². The molecule has 0 bridgehead atoms. The first kappa shape index (κ1) is 31.9. The third-order valence-corrected chi connectivity index (χ3v) is 13.7. The fraction of sp³-hybridized carbons (Fsp3) is 0.148. The Balaban J connectivity index is 0.906. The standard InChI is InChI=1S/C54H42N2/c1-53(2)45-17-9-5-13-37(45)41-29-43-39-15-7-11-19-49(39)55(51(43)31-47(41)53)35-25-21-33(22-26-35)34-23-27-36(28-24-34)56-50-20-12-8-16-40(50)44-30-42-38-14-6-10-18-46(38)54(3,4)48(42)32-52(44)56/h5-32,43,51H,1-4H3. The second-order valence-corrected chi connectivity index (χ2v) is 17.3. The molecule has 0 saturated heterocycles. The molecule has 2 atom stereocenters. The summed E-state index contributed by atoms with van der Waals surface area (Å²) in [5.74, 6) is 0.308. The van der Waals surface area contributed by atoms with Gasteiger partial charge in [-0.15, -0.1) is 0 Å². The third kappa shape index (κ3) is 4.17. The molecule has 2 heterocycles. The Labute approximate surface area is 328 Å². The molecule has 0 spiro atoms. The van der Waals surface area contributed by atoms with Crippen LogP contribution in [0.25, 0.3) is 55.3 Å². The molecule has 268 valence electrons. The minimum Gasteiger partial charge on any atom is -0.333 e. The van der Waals surface area contributed by atoms with Crippen LogP contribution in [-0.4, -0.2) is 10.6 Å². The highest BCUT2D eigenvalue weighted by Crippen LogP contribution is 2.57. The molecule has 0 fully saturated rings. The summed E-state index contributed by atoms with van der Waals surface area (Å²) < 4.78 is 2.46. The lowest BCUT2D eigenvalue weighted by Crippen LogP contribution is -2.31. The van der Waals surface area contributed by atoms with Gasteiger partial charge in [0.2, 0.25) is 0 Å². The summed E-state index contributed by atoms with van der Waals surface area (Å²) in [6.07, 6.45) is 5.14. The average molecular weight is 719 g/mol. The molecule has 3 aliphatic carbocycles. The highest BCUT2D eigenvalue weighted by molar-refractivity contribution is 6.11. The van der Waals surface area contributed by atoms with E-state index in [1.54, 1.807) is 0 Å². The van der Waals surface area contributed by atoms with Crippen molar-refractivity contribution in [3.63, 3.8) is 0 Å². The maximum atomic E-state index is 2.58. The normalized spacial score (nSPS) is 19.2. The van der Waals surface area contributed by atoms with Crippen molar-refractivity contribution in [3.8, 4) is 27.9 Å². The van der Waals surface area contributed by atoms with Gasteiger partial charge in [0.05, 0.1) is 17.1 Å². The molecule has 2 unspecified atom stereocenters. The first-order valence-corrected chi connectivity index (χ1v) is 20.1. The van der Waals surface area contributed by atoms with Crippen LogP contribution in [0.1, 0.15) is 61.4 Å². The van der Waals surface area contributed by atoms with Crippen LogP contribution in [0.5, 0.6) is 0 Å². The van der Waals surface area contributed by atoms with Crippen LogP contribution in [0.3, 0.4) is 0 Å². The van der Waals surface area contributed by atoms with Crippen LogP contribution >= 0.6 is 0 Å². The van der Waals surface area contributed by atoms with E-state index < -0.39 is 0 Å². The molecule has 0 amide bonds. The van der Waals surface area contributed by atoms with Gasteiger partial charge in [0.1, 0.15) is 0 Å². The molecular weight excluding hydrogens is 677 g/mol. The summed E-state index contributed by atoms with van der Waals surface area (Å²) in [5, 5.41) is 2.60. The SMILES string of the molecule is CC1(C)C2=CC3C(C=C2c2ccccc21)c1ccccc1N3c1ccc(-c2ccc(-n3c4ccccc4c4cc5c(cc43)C(C)(C)c3ccccc3-5)cc2)cc1. The van der Waals surface area contributed by atoms with Crippen molar-refractivity contribution in [1.82, 2.24) is 4.57 Å². The number of hydrogen-bond acceptors (Lipinski definition) is 1. The first-order chi connectivity index (χ1) is 27.3. The van der Waals surface area contributed by atoms with Crippen LogP contribution in [-0.2, 0) is 10.8 Å². The van der Waals surface area contributed by atoms with Crippen LogP contribution in [0, 0.1) is 0 Å². The first-order valence-electron chi connectivity index (χ1n) is 20.1. The van der Waals surface area contributed by atoms with Gasteiger partial charge >= 0.3 is 0 Å². The summed E-state index contributed by atoms with van der Waals surface area (Å²) in [5.41, 5.74) is 21.2. The zero-order valence-corrected chi connectivity index (χ0v) is 32.2. The minimum absolute atomic E-state index is 0.0223. The van der Waals surface area contributed by atoms with Gasteiger partial charge in [0.25, 0.3) is 0 Å². The monoisotopic (exact) mass is 718 g/mol. The molecule has 0 saturated carbocycles. The molecule has 8 aromatic rings. The predicted octanol–water partition coefficient (Wildman–Crippen LogP) is 13.7. The van der Waals surface area contributed by atoms with E-state index in [2.05, 4.69) is 207 Å². The summed E-state index contributed by atoms with van der Waals surface area (Å²) in [6.45, 7) is 9.51. The molecule has 1 aromatic heterocycles. The maximum absolute atomic E-state index is 2.58. The van der Waals surface area contributed by atoms with E-state index in [4.69, 9.17) is 0 Å². The summed E-state index contributed by atoms with van der Waals surface area (Å²) in [7, 11) is 0. The van der Waals surface area contributed by atoms with Gasteiger partial charge in [0.15, 0.2) is 0 Å². The van der Waals surface area contributed by atoms with Gasteiger partial charge in [-0.25, -0.2) is 0 Å². The predicted molar refractivity (Wildman–Crippen MR) is 234 cm³/mol. The molecule has 56 heavy (non-hydrogen) atoms. The van der Waals surface area contributed by atoms with Crippen LogP contribution < -0.4 is 4.90 Å².